The molecule has 0 aliphatic rings. The van der Waals surface area contributed by atoms with Crippen molar-refractivity contribution in [3.63, 3.8) is 0 Å². The topological polar surface area (TPSA) is 92.7 Å². The van der Waals surface area contributed by atoms with E-state index in [0.717, 1.165) is 0 Å². The second kappa shape index (κ2) is 7.06. The average molecular weight is 333 g/mol. The van der Waals surface area contributed by atoms with Gasteiger partial charge in [-0.25, -0.2) is 9.00 Å². The molecule has 6 nitrogen and oxygen atoms in total. The first-order valence-corrected chi connectivity index (χ1v) is 7.78. The van der Waals surface area contributed by atoms with Crippen LogP contribution < -0.4 is 10.1 Å². The molecule has 0 spiro atoms. The number of aromatic carboxylic acids is 1. The number of rotatable bonds is 5. The van der Waals surface area contributed by atoms with E-state index in [1.165, 1.54) is 44.5 Å². The quantitative estimate of drug-likeness (QED) is 0.872. The van der Waals surface area contributed by atoms with Gasteiger partial charge in [-0.05, 0) is 30.3 Å². The molecule has 1 atom stereocenters. The standard InChI is InChI=1S/C16H15NO5S/c1-17-15(18)11-5-3-4-6-13(11)23(21)14-8-7-10(22-2)9-12(14)16(19)20/h3-9H,1-2H3,(H,17,18)(H,19,20)/t23-/m0/s1. The molecule has 2 aromatic rings. The molecule has 0 unspecified atom stereocenters. The minimum Gasteiger partial charge on any atom is -0.497 e. The summed E-state index contributed by atoms with van der Waals surface area (Å²) in [4.78, 5) is 23.7. The molecule has 0 fully saturated rings. The molecule has 0 aromatic heterocycles. The molecule has 0 aliphatic carbocycles. The van der Waals surface area contributed by atoms with Crippen molar-refractivity contribution in [3.05, 3.63) is 53.6 Å². The van der Waals surface area contributed by atoms with E-state index < -0.39 is 16.8 Å². The van der Waals surface area contributed by atoms with Gasteiger partial charge in [0.05, 0.1) is 38.8 Å². The number of hydrogen-bond acceptors (Lipinski definition) is 4. The van der Waals surface area contributed by atoms with Gasteiger partial charge >= 0.3 is 5.97 Å². The minimum atomic E-state index is -1.82. The van der Waals surface area contributed by atoms with Gasteiger partial charge in [0.25, 0.3) is 5.91 Å². The van der Waals surface area contributed by atoms with Crippen LogP contribution in [0.2, 0.25) is 0 Å². The van der Waals surface area contributed by atoms with Crippen LogP contribution in [0.5, 0.6) is 5.75 Å². The Bertz CT molecular complexity index is 788. The van der Waals surface area contributed by atoms with Gasteiger partial charge < -0.3 is 15.2 Å². The minimum absolute atomic E-state index is 0.106. The molecule has 0 radical (unpaired) electrons. The van der Waals surface area contributed by atoms with Crippen molar-refractivity contribution in [1.82, 2.24) is 5.32 Å². The number of amides is 1. The molecule has 2 aromatic carbocycles. The third-order valence-electron chi connectivity index (χ3n) is 3.18. The summed E-state index contributed by atoms with van der Waals surface area (Å²) in [5.41, 5.74) is 0.106. The van der Waals surface area contributed by atoms with Crippen molar-refractivity contribution in [2.75, 3.05) is 14.2 Å². The van der Waals surface area contributed by atoms with Crippen molar-refractivity contribution < 1.29 is 23.6 Å². The van der Waals surface area contributed by atoms with Gasteiger partial charge in [-0.2, -0.15) is 0 Å². The van der Waals surface area contributed by atoms with Crippen molar-refractivity contribution in [2.45, 2.75) is 9.79 Å². The van der Waals surface area contributed by atoms with Gasteiger partial charge in [0, 0.05) is 7.05 Å². The molecular formula is C16H15NO5S. The third-order valence-corrected chi connectivity index (χ3v) is 4.69. The first-order valence-electron chi connectivity index (χ1n) is 6.63. The number of benzene rings is 2. The van der Waals surface area contributed by atoms with E-state index in [-0.39, 0.29) is 26.8 Å². The zero-order chi connectivity index (χ0) is 17.0. The Morgan fingerprint density at radius 3 is 2.35 bits per heavy atom. The predicted molar refractivity (Wildman–Crippen MR) is 84.5 cm³/mol. The fraction of sp³-hybridized carbons (Fsp3) is 0.125. The second-order valence-corrected chi connectivity index (χ2v) is 5.93. The Kier molecular flexibility index (Phi) is 5.13. The molecule has 0 bridgehead atoms. The first-order chi connectivity index (χ1) is 11.0. The number of methoxy groups -OCH3 is 1. The SMILES string of the molecule is CNC(=O)c1ccccc1[S@](=O)c1ccc(OC)cc1C(=O)O. The number of carboxylic acids is 1. The predicted octanol–water partition coefficient (Wildman–Crippen LogP) is 1.92. The maximum atomic E-state index is 12.8. The Labute approximate surface area is 135 Å². The van der Waals surface area contributed by atoms with Crippen molar-refractivity contribution in [1.29, 1.82) is 0 Å². The molecular weight excluding hydrogens is 318 g/mol. The molecule has 120 valence electrons. The molecule has 0 aliphatic heterocycles. The lowest BCUT2D eigenvalue weighted by molar-refractivity contribution is 0.0692. The summed E-state index contributed by atoms with van der Waals surface area (Å²) in [6.07, 6.45) is 0. The van der Waals surface area contributed by atoms with Crippen LogP contribution >= 0.6 is 0 Å². The highest BCUT2D eigenvalue weighted by atomic mass is 32.2. The second-order valence-electron chi connectivity index (χ2n) is 4.51. The summed E-state index contributed by atoms with van der Waals surface area (Å²) in [6, 6.07) is 10.6. The van der Waals surface area contributed by atoms with Crippen molar-refractivity contribution in [2.24, 2.45) is 0 Å². The number of carbonyl (C=O) groups excluding carboxylic acids is 1. The highest BCUT2D eigenvalue weighted by molar-refractivity contribution is 7.85. The first kappa shape index (κ1) is 16.7. The number of nitrogens with one attached hydrogen (secondary N) is 1. The van der Waals surface area contributed by atoms with E-state index in [0.29, 0.717) is 5.75 Å². The smallest absolute Gasteiger partial charge is 0.337 e. The lowest BCUT2D eigenvalue weighted by Crippen LogP contribution is -2.20. The van der Waals surface area contributed by atoms with E-state index in [4.69, 9.17) is 4.74 Å². The number of hydrogen-bond donors (Lipinski definition) is 2. The maximum Gasteiger partial charge on any atom is 0.337 e. The van der Waals surface area contributed by atoms with E-state index >= 15 is 0 Å². The summed E-state index contributed by atoms with van der Waals surface area (Å²) in [5.74, 6) is -1.26. The van der Waals surface area contributed by atoms with E-state index in [9.17, 15) is 18.9 Å². The van der Waals surface area contributed by atoms with E-state index in [1.807, 2.05) is 0 Å². The fourth-order valence-electron chi connectivity index (χ4n) is 2.03. The van der Waals surface area contributed by atoms with Crippen LogP contribution in [0, 0.1) is 0 Å². The largest absolute Gasteiger partial charge is 0.497 e. The van der Waals surface area contributed by atoms with Crippen LogP contribution in [0.4, 0.5) is 0 Å². The Morgan fingerprint density at radius 1 is 1.09 bits per heavy atom. The Hall–Kier alpha value is -2.67. The van der Waals surface area contributed by atoms with Crippen molar-refractivity contribution in [3.8, 4) is 5.75 Å². The van der Waals surface area contributed by atoms with Gasteiger partial charge in [0.15, 0.2) is 0 Å². The molecule has 23 heavy (non-hydrogen) atoms. The van der Waals surface area contributed by atoms with Crippen LogP contribution in [0.15, 0.2) is 52.3 Å². The fourth-order valence-corrected chi connectivity index (χ4v) is 3.37. The molecule has 1 amide bonds. The zero-order valence-electron chi connectivity index (χ0n) is 12.5. The highest BCUT2D eigenvalue weighted by Gasteiger charge is 2.21. The number of carboxylic acid groups (broad SMARTS) is 1. The van der Waals surface area contributed by atoms with Gasteiger partial charge in [0.1, 0.15) is 5.75 Å². The average Bonchev–Trinajstić information content (AvgIpc) is 2.59. The van der Waals surface area contributed by atoms with Gasteiger partial charge in [-0.1, -0.05) is 12.1 Å². The van der Waals surface area contributed by atoms with Crippen LogP contribution in [-0.2, 0) is 10.8 Å². The lowest BCUT2D eigenvalue weighted by atomic mass is 10.2. The molecule has 0 saturated heterocycles. The summed E-state index contributed by atoms with van der Waals surface area (Å²) in [7, 11) is 1.07. The van der Waals surface area contributed by atoms with Crippen LogP contribution in [0.3, 0.4) is 0 Å². The maximum absolute atomic E-state index is 12.8. The Balaban J connectivity index is 2.58. The molecule has 2 rings (SSSR count). The summed E-state index contributed by atoms with van der Waals surface area (Å²) >= 11 is 0. The van der Waals surface area contributed by atoms with Gasteiger partial charge in [-0.15, -0.1) is 0 Å². The van der Waals surface area contributed by atoms with Crippen LogP contribution in [0.25, 0.3) is 0 Å². The van der Waals surface area contributed by atoms with E-state index in [2.05, 4.69) is 5.32 Å². The van der Waals surface area contributed by atoms with Gasteiger partial charge in [-0.3, -0.25) is 4.79 Å². The zero-order valence-corrected chi connectivity index (χ0v) is 13.3. The lowest BCUT2D eigenvalue weighted by Gasteiger charge is -2.11. The molecule has 0 saturated carbocycles. The number of ether oxygens (including phenoxy) is 1. The summed E-state index contributed by atoms with van der Waals surface area (Å²) < 4.78 is 17.8. The highest BCUT2D eigenvalue weighted by Crippen LogP contribution is 2.26. The molecule has 2 N–H and O–H groups in total. The molecule has 0 heterocycles. The monoisotopic (exact) mass is 333 g/mol. The summed E-state index contributed by atoms with van der Waals surface area (Å²) in [5, 5.41) is 11.8. The molecule has 7 heteroatoms. The van der Waals surface area contributed by atoms with Crippen LogP contribution in [-0.4, -0.2) is 35.3 Å². The third kappa shape index (κ3) is 3.40. The Morgan fingerprint density at radius 2 is 1.74 bits per heavy atom. The summed E-state index contributed by atoms with van der Waals surface area (Å²) in [6.45, 7) is 0. The van der Waals surface area contributed by atoms with Crippen LogP contribution in [0.1, 0.15) is 20.7 Å². The van der Waals surface area contributed by atoms with Gasteiger partial charge in [0.2, 0.25) is 0 Å². The van der Waals surface area contributed by atoms with E-state index in [1.54, 1.807) is 12.1 Å². The normalized spacial score (nSPS) is 11.6. The van der Waals surface area contributed by atoms with Crippen molar-refractivity contribution >= 4 is 22.7 Å². The number of carbonyl (C=O) groups is 2.